The first-order valence-electron chi connectivity index (χ1n) is 7.80. The van der Waals surface area contributed by atoms with Gasteiger partial charge in [-0.05, 0) is 54.8 Å². The van der Waals surface area contributed by atoms with Crippen molar-refractivity contribution in [3.8, 4) is 0 Å². The Morgan fingerprint density at radius 1 is 0.917 bits per heavy atom. The second-order valence-corrected chi connectivity index (χ2v) is 6.24. The lowest BCUT2D eigenvalue weighted by atomic mass is 10.1. The van der Waals surface area contributed by atoms with Crippen LogP contribution in [-0.4, -0.2) is 18.0 Å². The summed E-state index contributed by atoms with van der Waals surface area (Å²) in [4.78, 5) is 23.7. The predicted octanol–water partition coefficient (Wildman–Crippen LogP) is 3.81. The summed E-state index contributed by atoms with van der Waals surface area (Å²) in [7, 11) is 0. The summed E-state index contributed by atoms with van der Waals surface area (Å²) < 4.78 is 0. The molecule has 1 fully saturated rings. The van der Waals surface area contributed by atoms with Crippen molar-refractivity contribution in [3.63, 3.8) is 0 Å². The van der Waals surface area contributed by atoms with Crippen molar-refractivity contribution in [3.05, 3.63) is 59.1 Å². The molecular weight excluding hydrogens is 326 g/mol. The van der Waals surface area contributed by atoms with Gasteiger partial charge < -0.3 is 16.0 Å². The smallest absolute Gasteiger partial charge is 0.323 e. The summed E-state index contributed by atoms with van der Waals surface area (Å²) in [5.74, 6) is 0.0405. The quantitative estimate of drug-likeness (QED) is 0.772. The molecule has 2 aromatic carbocycles. The van der Waals surface area contributed by atoms with Gasteiger partial charge in [0.05, 0.1) is 6.42 Å². The molecule has 0 radical (unpaired) electrons. The van der Waals surface area contributed by atoms with Gasteiger partial charge in [-0.2, -0.15) is 0 Å². The number of carbonyl (C=O) groups is 2. The first-order valence-corrected chi connectivity index (χ1v) is 8.18. The maximum absolute atomic E-state index is 11.9. The molecule has 0 saturated heterocycles. The summed E-state index contributed by atoms with van der Waals surface area (Å²) in [6.07, 6.45) is 2.52. The summed E-state index contributed by atoms with van der Waals surface area (Å²) in [6.45, 7) is 0. The average Bonchev–Trinajstić information content (AvgIpc) is 3.35. The van der Waals surface area contributed by atoms with E-state index in [-0.39, 0.29) is 11.9 Å². The minimum Gasteiger partial charge on any atom is -0.353 e. The van der Waals surface area contributed by atoms with Crippen molar-refractivity contribution in [1.82, 2.24) is 5.32 Å². The molecule has 3 N–H and O–H groups in total. The summed E-state index contributed by atoms with van der Waals surface area (Å²) in [5, 5.41) is 9.03. The van der Waals surface area contributed by atoms with Gasteiger partial charge in [-0.1, -0.05) is 23.7 Å². The second-order valence-electron chi connectivity index (χ2n) is 5.80. The number of hydrogen-bond acceptors (Lipinski definition) is 2. The Balaban J connectivity index is 1.50. The third-order valence-corrected chi connectivity index (χ3v) is 3.87. The van der Waals surface area contributed by atoms with Gasteiger partial charge in [-0.3, -0.25) is 4.79 Å². The molecule has 2 aromatic rings. The van der Waals surface area contributed by atoms with Crippen molar-refractivity contribution < 1.29 is 9.59 Å². The van der Waals surface area contributed by atoms with E-state index in [4.69, 9.17) is 11.6 Å². The van der Waals surface area contributed by atoms with Crippen LogP contribution in [0.4, 0.5) is 16.2 Å². The zero-order valence-corrected chi connectivity index (χ0v) is 13.8. The van der Waals surface area contributed by atoms with Gasteiger partial charge in [0.25, 0.3) is 0 Å². The highest BCUT2D eigenvalue weighted by molar-refractivity contribution is 6.30. The van der Waals surface area contributed by atoms with Gasteiger partial charge >= 0.3 is 6.03 Å². The highest BCUT2D eigenvalue weighted by Gasteiger charge is 2.22. The Labute approximate surface area is 145 Å². The van der Waals surface area contributed by atoms with Gasteiger partial charge in [0.15, 0.2) is 0 Å². The monoisotopic (exact) mass is 343 g/mol. The van der Waals surface area contributed by atoms with Crippen molar-refractivity contribution in [2.75, 3.05) is 10.6 Å². The lowest BCUT2D eigenvalue weighted by Crippen LogP contribution is -2.26. The standard InChI is InChI=1S/C18H18ClN3O2/c19-13-3-7-16(8-4-13)22-18(24)21-15-5-1-12(2-6-15)11-17(23)20-14-9-10-14/h1-8,14H,9-11H2,(H,20,23)(H2,21,22,24). The Morgan fingerprint density at radius 2 is 1.46 bits per heavy atom. The number of benzene rings is 2. The van der Waals surface area contributed by atoms with Crippen LogP contribution in [0.5, 0.6) is 0 Å². The molecule has 0 spiro atoms. The van der Waals surface area contributed by atoms with Gasteiger partial charge in [0, 0.05) is 22.4 Å². The first kappa shape index (κ1) is 16.3. The summed E-state index contributed by atoms with van der Waals surface area (Å²) >= 11 is 5.80. The van der Waals surface area contributed by atoms with Crippen molar-refractivity contribution >= 4 is 34.9 Å². The van der Waals surface area contributed by atoms with E-state index in [0.717, 1.165) is 18.4 Å². The fraction of sp³-hybridized carbons (Fsp3) is 0.222. The Morgan fingerprint density at radius 3 is 2.00 bits per heavy atom. The van der Waals surface area contributed by atoms with Gasteiger partial charge in [0.2, 0.25) is 5.91 Å². The Hall–Kier alpha value is -2.53. The van der Waals surface area contributed by atoms with Crippen LogP contribution in [-0.2, 0) is 11.2 Å². The average molecular weight is 344 g/mol. The van der Waals surface area contributed by atoms with Crippen LogP contribution in [0.2, 0.25) is 5.02 Å². The summed E-state index contributed by atoms with van der Waals surface area (Å²) in [6, 6.07) is 14.1. The largest absolute Gasteiger partial charge is 0.353 e. The zero-order chi connectivity index (χ0) is 16.9. The fourth-order valence-electron chi connectivity index (χ4n) is 2.22. The third kappa shape index (κ3) is 4.99. The van der Waals surface area contributed by atoms with Gasteiger partial charge in [0.1, 0.15) is 0 Å². The maximum Gasteiger partial charge on any atom is 0.323 e. The molecule has 3 rings (SSSR count). The number of nitrogens with one attached hydrogen (secondary N) is 3. The van der Waals surface area contributed by atoms with Crippen LogP contribution < -0.4 is 16.0 Å². The van der Waals surface area contributed by atoms with E-state index < -0.39 is 0 Å². The molecule has 1 aliphatic rings. The number of anilines is 2. The number of halogens is 1. The number of amides is 3. The van der Waals surface area contributed by atoms with Crippen LogP contribution in [0.15, 0.2) is 48.5 Å². The van der Waals surface area contributed by atoms with Crippen molar-refractivity contribution in [2.45, 2.75) is 25.3 Å². The Bertz CT molecular complexity index is 725. The normalized spacial score (nSPS) is 13.2. The fourth-order valence-corrected chi connectivity index (χ4v) is 2.35. The highest BCUT2D eigenvalue weighted by atomic mass is 35.5. The van der Waals surface area contributed by atoms with Crippen LogP contribution in [0.1, 0.15) is 18.4 Å². The molecule has 0 aliphatic heterocycles. The van der Waals surface area contributed by atoms with E-state index in [1.807, 2.05) is 12.1 Å². The van der Waals surface area contributed by atoms with Crippen LogP contribution in [0.25, 0.3) is 0 Å². The lowest BCUT2D eigenvalue weighted by molar-refractivity contribution is -0.120. The zero-order valence-electron chi connectivity index (χ0n) is 13.0. The minimum absolute atomic E-state index is 0.0405. The van der Waals surface area contributed by atoms with Crippen LogP contribution in [0.3, 0.4) is 0 Å². The SMILES string of the molecule is O=C(Cc1ccc(NC(=O)Nc2ccc(Cl)cc2)cc1)NC1CC1. The van der Waals surface area contributed by atoms with Crippen molar-refractivity contribution in [1.29, 1.82) is 0 Å². The molecule has 24 heavy (non-hydrogen) atoms. The molecule has 1 aliphatic carbocycles. The van der Waals surface area contributed by atoms with Gasteiger partial charge in [-0.25, -0.2) is 4.79 Å². The van der Waals surface area contributed by atoms with E-state index in [0.29, 0.717) is 28.9 Å². The molecular formula is C18H18ClN3O2. The first-order chi connectivity index (χ1) is 11.6. The summed E-state index contributed by atoms with van der Waals surface area (Å²) in [5.41, 5.74) is 2.23. The number of urea groups is 1. The molecule has 0 unspecified atom stereocenters. The van der Waals surface area contributed by atoms with Crippen LogP contribution in [0, 0.1) is 0 Å². The molecule has 1 saturated carbocycles. The maximum atomic E-state index is 11.9. The minimum atomic E-state index is -0.337. The molecule has 5 nitrogen and oxygen atoms in total. The molecule has 6 heteroatoms. The molecule has 0 bridgehead atoms. The van der Waals surface area contributed by atoms with E-state index in [1.165, 1.54) is 0 Å². The molecule has 0 heterocycles. The topological polar surface area (TPSA) is 70.2 Å². The Kier molecular flexibility index (Phi) is 5.01. The molecule has 0 atom stereocenters. The number of rotatable bonds is 5. The third-order valence-electron chi connectivity index (χ3n) is 3.62. The molecule has 3 amide bonds. The predicted molar refractivity (Wildman–Crippen MR) is 95.4 cm³/mol. The van der Waals surface area contributed by atoms with Gasteiger partial charge in [-0.15, -0.1) is 0 Å². The number of hydrogen-bond donors (Lipinski definition) is 3. The molecule has 124 valence electrons. The number of carbonyl (C=O) groups excluding carboxylic acids is 2. The van der Waals surface area contributed by atoms with E-state index in [2.05, 4.69) is 16.0 Å². The lowest BCUT2D eigenvalue weighted by Gasteiger charge is -2.09. The van der Waals surface area contributed by atoms with Crippen LogP contribution >= 0.6 is 11.6 Å². The van der Waals surface area contributed by atoms with E-state index in [9.17, 15) is 9.59 Å². The molecule has 0 aromatic heterocycles. The van der Waals surface area contributed by atoms with Crippen molar-refractivity contribution in [2.24, 2.45) is 0 Å². The second kappa shape index (κ2) is 7.36. The van der Waals surface area contributed by atoms with E-state index >= 15 is 0 Å². The van der Waals surface area contributed by atoms with E-state index in [1.54, 1.807) is 36.4 Å². The highest BCUT2D eigenvalue weighted by Crippen LogP contribution is 2.19.